The molecule has 2 heterocycles. The molecule has 24 heavy (non-hydrogen) atoms. The molecule has 1 aromatic carbocycles. The molecule has 6 heteroatoms. The summed E-state index contributed by atoms with van der Waals surface area (Å²) in [6.45, 7) is 5.89. The Bertz CT molecular complexity index is 626. The van der Waals surface area contributed by atoms with Gasteiger partial charge in [0.05, 0.1) is 6.20 Å². The third kappa shape index (κ3) is 4.52. The van der Waals surface area contributed by atoms with E-state index in [0.29, 0.717) is 12.2 Å². The van der Waals surface area contributed by atoms with Crippen molar-refractivity contribution in [2.75, 3.05) is 44.2 Å². The van der Waals surface area contributed by atoms with Crippen LogP contribution in [0.25, 0.3) is 0 Å². The van der Waals surface area contributed by atoms with Crippen LogP contribution in [-0.4, -0.2) is 60.0 Å². The number of piperazine rings is 1. The molecule has 1 amide bonds. The molecule has 1 fully saturated rings. The summed E-state index contributed by atoms with van der Waals surface area (Å²) in [6.07, 6.45) is 5.52. The van der Waals surface area contributed by atoms with E-state index in [0.717, 1.165) is 39.1 Å². The third-order valence-corrected chi connectivity index (χ3v) is 4.23. The molecule has 0 saturated carbocycles. The number of carbonyl (C=O) groups is 1. The monoisotopic (exact) mass is 325 g/mol. The zero-order chi connectivity index (χ0) is 16.6. The van der Waals surface area contributed by atoms with Gasteiger partial charge in [-0.15, -0.1) is 0 Å². The second-order valence-corrected chi connectivity index (χ2v) is 5.86. The van der Waals surface area contributed by atoms with Gasteiger partial charge in [0.2, 0.25) is 0 Å². The smallest absolute Gasteiger partial charge is 0.271 e. The molecular formula is C18H23N5O. The van der Waals surface area contributed by atoms with Crippen molar-refractivity contribution in [3.05, 3.63) is 54.6 Å². The average Bonchev–Trinajstić information content (AvgIpc) is 2.67. The fourth-order valence-corrected chi connectivity index (χ4v) is 2.88. The summed E-state index contributed by atoms with van der Waals surface area (Å²) in [5.41, 5.74) is 1.67. The van der Waals surface area contributed by atoms with Gasteiger partial charge in [-0.3, -0.25) is 14.7 Å². The van der Waals surface area contributed by atoms with Crippen molar-refractivity contribution in [1.29, 1.82) is 0 Å². The maximum Gasteiger partial charge on any atom is 0.271 e. The Morgan fingerprint density at radius 1 is 1.08 bits per heavy atom. The van der Waals surface area contributed by atoms with E-state index in [2.05, 4.69) is 55.4 Å². The van der Waals surface area contributed by atoms with Crippen LogP contribution >= 0.6 is 0 Å². The largest absolute Gasteiger partial charge is 0.369 e. The number of nitrogens with zero attached hydrogens (tertiary/aromatic N) is 4. The fourth-order valence-electron chi connectivity index (χ4n) is 2.88. The van der Waals surface area contributed by atoms with Gasteiger partial charge < -0.3 is 10.2 Å². The van der Waals surface area contributed by atoms with Crippen LogP contribution in [0.2, 0.25) is 0 Å². The number of hydrogen-bond donors (Lipinski definition) is 1. The number of carbonyl (C=O) groups excluding carboxylic acids is 1. The molecule has 1 aliphatic rings. The van der Waals surface area contributed by atoms with Crippen LogP contribution in [0.1, 0.15) is 16.9 Å². The average molecular weight is 325 g/mol. The van der Waals surface area contributed by atoms with Gasteiger partial charge in [0.15, 0.2) is 0 Å². The highest BCUT2D eigenvalue weighted by Gasteiger charge is 2.16. The molecule has 0 unspecified atom stereocenters. The van der Waals surface area contributed by atoms with Crippen molar-refractivity contribution in [2.45, 2.75) is 6.42 Å². The zero-order valence-corrected chi connectivity index (χ0v) is 13.8. The Kier molecular flexibility index (Phi) is 5.74. The second-order valence-electron chi connectivity index (χ2n) is 5.86. The molecule has 1 aliphatic heterocycles. The van der Waals surface area contributed by atoms with E-state index in [1.165, 1.54) is 18.1 Å². The van der Waals surface area contributed by atoms with Crippen molar-refractivity contribution in [2.24, 2.45) is 0 Å². The molecule has 0 aliphatic carbocycles. The van der Waals surface area contributed by atoms with Crippen molar-refractivity contribution in [3.8, 4) is 0 Å². The van der Waals surface area contributed by atoms with Crippen molar-refractivity contribution >= 4 is 11.6 Å². The van der Waals surface area contributed by atoms with Crippen LogP contribution in [0, 0.1) is 0 Å². The molecule has 126 valence electrons. The zero-order valence-electron chi connectivity index (χ0n) is 13.8. The van der Waals surface area contributed by atoms with E-state index in [-0.39, 0.29) is 5.91 Å². The standard InChI is InChI=1S/C18H23N5O/c24-18(17-15-19-8-9-20-17)21-7-4-10-22-11-13-23(14-12-22)16-5-2-1-3-6-16/h1-3,5-6,8-9,15H,4,7,10-14H2,(H,21,24). The summed E-state index contributed by atoms with van der Waals surface area (Å²) in [6, 6.07) is 10.5. The lowest BCUT2D eigenvalue weighted by Crippen LogP contribution is -2.47. The van der Waals surface area contributed by atoms with E-state index in [1.807, 2.05) is 0 Å². The summed E-state index contributed by atoms with van der Waals surface area (Å²) in [5, 5.41) is 2.89. The Hall–Kier alpha value is -2.47. The lowest BCUT2D eigenvalue weighted by Gasteiger charge is -2.36. The van der Waals surface area contributed by atoms with Gasteiger partial charge in [-0.2, -0.15) is 0 Å². The predicted molar refractivity (Wildman–Crippen MR) is 94.1 cm³/mol. The minimum Gasteiger partial charge on any atom is -0.369 e. The minimum absolute atomic E-state index is 0.156. The van der Waals surface area contributed by atoms with Gasteiger partial charge in [0.1, 0.15) is 5.69 Å². The van der Waals surface area contributed by atoms with Gasteiger partial charge in [0.25, 0.3) is 5.91 Å². The molecule has 2 aromatic rings. The predicted octanol–water partition coefficient (Wildman–Crippen LogP) is 1.42. The first-order valence-corrected chi connectivity index (χ1v) is 8.39. The SMILES string of the molecule is O=C(NCCCN1CCN(c2ccccc2)CC1)c1cnccn1. The number of aromatic nitrogens is 2. The van der Waals surface area contributed by atoms with Crippen molar-refractivity contribution in [1.82, 2.24) is 20.2 Å². The molecule has 1 N–H and O–H groups in total. The molecule has 0 atom stereocenters. The summed E-state index contributed by atoms with van der Waals surface area (Å²) in [5.74, 6) is -0.156. The Morgan fingerprint density at radius 2 is 1.88 bits per heavy atom. The van der Waals surface area contributed by atoms with E-state index in [9.17, 15) is 4.79 Å². The second kappa shape index (κ2) is 8.40. The lowest BCUT2D eigenvalue weighted by atomic mass is 10.2. The van der Waals surface area contributed by atoms with Gasteiger partial charge >= 0.3 is 0 Å². The first-order chi connectivity index (χ1) is 11.8. The molecule has 0 spiro atoms. The number of anilines is 1. The minimum atomic E-state index is -0.156. The first-order valence-electron chi connectivity index (χ1n) is 8.39. The summed E-state index contributed by atoms with van der Waals surface area (Å²) >= 11 is 0. The third-order valence-electron chi connectivity index (χ3n) is 4.23. The van der Waals surface area contributed by atoms with Crippen LogP contribution in [0.3, 0.4) is 0 Å². The van der Waals surface area contributed by atoms with E-state index in [4.69, 9.17) is 0 Å². The quantitative estimate of drug-likeness (QED) is 0.814. The van der Waals surface area contributed by atoms with Gasteiger partial charge in [0, 0.05) is 50.8 Å². The van der Waals surface area contributed by atoms with E-state index in [1.54, 1.807) is 6.20 Å². The van der Waals surface area contributed by atoms with Crippen LogP contribution in [0.15, 0.2) is 48.9 Å². The van der Waals surface area contributed by atoms with Crippen LogP contribution in [0.4, 0.5) is 5.69 Å². The summed E-state index contributed by atoms with van der Waals surface area (Å²) in [7, 11) is 0. The molecule has 1 aromatic heterocycles. The fraction of sp³-hybridized carbons (Fsp3) is 0.389. The highest BCUT2D eigenvalue weighted by Crippen LogP contribution is 2.15. The summed E-state index contributed by atoms with van der Waals surface area (Å²) in [4.78, 5) is 24.6. The van der Waals surface area contributed by atoms with E-state index < -0.39 is 0 Å². The Balaban J connectivity index is 1.33. The Labute approximate surface area is 142 Å². The maximum absolute atomic E-state index is 11.9. The molecule has 1 saturated heterocycles. The normalized spacial score (nSPS) is 15.2. The maximum atomic E-state index is 11.9. The molecule has 6 nitrogen and oxygen atoms in total. The molecule has 3 rings (SSSR count). The van der Waals surface area contributed by atoms with Crippen LogP contribution in [0.5, 0.6) is 0 Å². The molecule has 0 radical (unpaired) electrons. The van der Waals surface area contributed by atoms with Crippen LogP contribution in [-0.2, 0) is 0 Å². The van der Waals surface area contributed by atoms with Gasteiger partial charge in [-0.05, 0) is 25.1 Å². The summed E-state index contributed by atoms with van der Waals surface area (Å²) < 4.78 is 0. The number of benzene rings is 1. The highest BCUT2D eigenvalue weighted by atomic mass is 16.1. The molecular weight excluding hydrogens is 302 g/mol. The number of para-hydroxylation sites is 1. The number of amides is 1. The number of rotatable bonds is 6. The number of nitrogens with one attached hydrogen (secondary N) is 1. The molecule has 0 bridgehead atoms. The van der Waals surface area contributed by atoms with Crippen LogP contribution < -0.4 is 10.2 Å². The lowest BCUT2D eigenvalue weighted by molar-refractivity contribution is 0.0946. The van der Waals surface area contributed by atoms with E-state index >= 15 is 0 Å². The first kappa shape index (κ1) is 16.4. The number of hydrogen-bond acceptors (Lipinski definition) is 5. The Morgan fingerprint density at radius 3 is 2.58 bits per heavy atom. The van der Waals surface area contributed by atoms with Gasteiger partial charge in [-0.25, -0.2) is 4.98 Å². The van der Waals surface area contributed by atoms with Crippen molar-refractivity contribution in [3.63, 3.8) is 0 Å². The van der Waals surface area contributed by atoms with Crippen molar-refractivity contribution < 1.29 is 4.79 Å². The topological polar surface area (TPSA) is 61.4 Å². The van der Waals surface area contributed by atoms with Gasteiger partial charge in [-0.1, -0.05) is 18.2 Å². The highest BCUT2D eigenvalue weighted by molar-refractivity contribution is 5.91.